The molecular formula is C14H20O4. The lowest BCUT2D eigenvalue weighted by Crippen LogP contribution is -2.71. The minimum Gasteiger partial charge on any atom is -0.455 e. The predicted molar refractivity (Wildman–Crippen MR) is 64.7 cm³/mol. The van der Waals surface area contributed by atoms with E-state index in [4.69, 9.17) is 4.74 Å². The van der Waals surface area contributed by atoms with Gasteiger partial charge in [-0.1, -0.05) is 13.5 Å². The fraction of sp³-hybridized carbons (Fsp3) is 0.786. The second-order valence-corrected chi connectivity index (χ2v) is 6.57. The molecule has 0 radical (unpaired) electrons. The highest BCUT2D eigenvalue weighted by atomic mass is 16.6. The Morgan fingerprint density at radius 1 is 1.33 bits per heavy atom. The number of esters is 1. The molecule has 0 spiro atoms. The van der Waals surface area contributed by atoms with E-state index in [0.29, 0.717) is 19.3 Å². The van der Waals surface area contributed by atoms with Crippen molar-refractivity contribution in [2.75, 3.05) is 0 Å². The van der Waals surface area contributed by atoms with Crippen molar-refractivity contribution in [2.24, 2.45) is 11.8 Å². The first-order valence-corrected chi connectivity index (χ1v) is 6.61. The lowest BCUT2D eigenvalue weighted by Gasteiger charge is -2.65. The molecule has 0 aliphatic heterocycles. The quantitative estimate of drug-likeness (QED) is 0.571. The number of carbonyl (C=O) groups excluding carboxylic acids is 1. The maximum atomic E-state index is 11.5. The van der Waals surface area contributed by atoms with Crippen molar-refractivity contribution in [3.05, 3.63) is 12.7 Å². The highest BCUT2D eigenvalue weighted by Gasteiger charge is 2.68. The molecule has 4 aliphatic carbocycles. The van der Waals surface area contributed by atoms with Crippen LogP contribution in [0.2, 0.25) is 0 Å². The highest BCUT2D eigenvalue weighted by molar-refractivity contribution is 5.81. The van der Waals surface area contributed by atoms with Crippen molar-refractivity contribution < 1.29 is 19.7 Å². The van der Waals surface area contributed by atoms with Gasteiger partial charge >= 0.3 is 5.97 Å². The molecule has 4 nitrogen and oxygen atoms in total. The van der Waals surface area contributed by atoms with Crippen molar-refractivity contribution in [3.8, 4) is 0 Å². The number of carbonyl (C=O) groups is 1. The van der Waals surface area contributed by atoms with E-state index in [1.54, 1.807) is 0 Å². The molecule has 4 fully saturated rings. The molecule has 0 amide bonds. The van der Waals surface area contributed by atoms with Crippen LogP contribution in [0.4, 0.5) is 0 Å². The monoisotopic (exact) mass is 252 g/mol. The Hall–Kier alpha value is -0.870. The Labute approximate surface area is 107 Å². The van der Waals surface area contributed by atoms with Gasteiger partial charge < -0.3 is 14.9 Å². The maximum Gasteiger partial charge on any atom is 0.330 e. The van der Waals surface area contributed by atoms with E-state index < -0.39 is 22.8 Å². The summed E-state index contributed by atoms with van der Waals surface area (Å²) in [5.41, 5.74) is -2.48. The van der Waals surface area contributed by atoms with Crippen molar-refractivity contribution in [2.45, 2.75) is 55.8 Å². The molecule has 0 aromatic rings. The third-order valence-corrected chi connectivity index (χ3v) is 5.27. The first-order valence-electron chi connectivity index (χ1n) is 6.61. The largest absolute Gasteiger partial charge is 0.455 e. The Morgan fingerprint density at radius 2 is 2.06 bits per heavy atom. The minimum absolute atomic E-state index is 0.134. The minimum atomic E-state index is -0.893. The molecule has 0 saturated heterocycles. The van der Waals surface area contributed by atoms with Crippen LogP contribution in [-0.4, -0.2) is 33.0 Å². The fourth-order valence-corrected chi connectivity index (χ4v) is 4.78. The second-order valence-electron chi connectivity index (χ2n) is 6.57. The van der Waals surface area contributed by atoms with Gasteiger partial charge in [0.1, 0.15) is 5.60 Å². The van der Waals surface area contributed by atoms with E-state index in [9.17, 15) is 15.0 Å². The van der Waals surface area contributed by atoms with Crippen LogP contribution in [0.15, 0.2) is 12.7 Å². The SMILES string of the molecule is C=CC(=O)OC12CC3CC(O)(CC(O)(C3)C1C)C2. The van der Waals surface area contributed by atoms with Gasteiger partial charge in [0, 0.05) is 24.8 Å². The van der Waals surface area contributed by atoms with Crippen LogP contribution >= 0.6 is 0 Å². The summed E-state index contributed by atoms with van der Waals surface area (Å²) in [6, 6.07) is 0. The van der Waals surface area contributed by atoms with E-state index in [0.717, 1.165) is 18.9 Å². The second kappa shape index (κ2) is 3.36. The molecule has 0 aromatic heterocycles. The van der Waals surface area contributed by atoms with Crippen LogP contribution in [0, 0.1) is 11.8 Å². The molecule has 4 bridgehead atoms. The zero-order valence-electron chi connectivity index (χ0n) is 10.7. The molecule has 4 heteroatoms. The van der Waals surface area contributed by atoms with Crippen molar-refractivity contribution >= 4 is 5.97 Å². The lowest BCUT2D eigenvalue weighted by molar-refractivity contribution is -0.288. The standard InChI is InChI=1S/C14H20O4/c1-3-11(15)18-14-6-10-4-12(16,8-14)7-13(17,5-10)9(14)2/h3,9-10,16-17H,1,4-8H2,2H3. The number of hydrogen-bond acceptors (Lipinski definition) is 4. The third kappa shape index (κ3) is 1.48. The Bertz CT molecular complexity index is 420. The number of rotatable bonds is 2. The van der Waals surface area contributed by atoms with Gasteiger partial charge in [0.15, 0.2) is 0 Å². The molecule has 100 valence electrons. The van der Waals surface area contributed by atoms with Crippen LogP contribution in [0.1, 0.15) is 39.0 Å². The normalized spacial score (nSPS) is 53.3. The summed E-state index contributed by atoms with van der Waals surface area (Å²) in [4.78, 5) is 11.5. The molecule has 5 atom stereocenters. The van der Waals surface area contributed by atoms with Crippen LogP contribution < -0.4 is 0 Å². The lowest BCUT2D eigenvalue weighted by atomic mass is 9.46. The molecule has 18 heavy (non-hydrogen) atoms. The van der Waals surface area contributed by atoms with Gasteiger partial charge in [-0.25, -0.2) is 4.79 Å². The summed E-state index contributed by atoms with van der Waals surface area (Å²) in [5, 5.41) is 21.3. The molecule has 5 unspecified atom stereocenters. The third-order valence-electron chi connectivity index (χ3n) is 5.27. The van der Waals surface area contributed by atoms with E-state index in [1.165, 1.54) is 0 Å². The van der Waals surface area contributed by atoms with E-state index in [2.05, 4.69) is 6.58 Å². The van der Waals surface area contributed by atoms with E-state index in [-0.39, 0.29) is 11.8 Å². The Morgan fingerprint density at radius 3 is 2.67 bits per heavy atom. The summed E-state index contributed by atoms with van der Waals surface area (Å²) >= 11 is 0. The molecule has 4 rings (SSSR count). The zero-order valence-corrected chi connectivity index (χ0v) is 10.7. The van der Waals surface area contributed by atoms with Crippen LogP contribution in [0.3, 0.4) is 0 Å². The molecular weight excluding hydrogens is 232 g/mol. The first-order chi connectivity index (χ1) is 8.31. The van der Waals surface area contributed by atoms with E-state index in [1.807, 2.05) is 6.92 Å². The maximum absolute atomic E-state index is 11.5. The average molecular weight is 252 g/mol. The molecule has 0 heterocycles. The summed E-state index contributed by atoms with van der Waals surface area (Å²) in [6.07, 6.45) is 4.18. The molecule has 4 aliphatic rings. The summed E-state index contributed by atoms with van der Waals surface area (Å²) in [7, 11) is 0. The Kier molecular flexibility index (Phi) is 2.28. The number of aliphatic hydroxyl groups is 2. The van der Waals surface area contributed by atoms with Crippen LogP contribution in [0.25, 0.3) is 0 Å². The fourth-order valence-electron chi connectivity index (χ4n) is 4.78. The van der Waals surface area contributed by atoms with Gasteiger partial charge in [-0.05, 0) is 25.2 Å². The van der Waals surface area contributed by atoms with E-state index >= 15 is 0 Å². The van der Waals surface area contributed by atoms with Gasteiger partial charge in [-0.2, -0.15) is 0 Å². The van der Waals surface area contributed by atoms with Gasteiger partial charge in [-0.15, -0.1) is 0 Å². The van der Waals surface area contributed by atoms with Crippen molar-refractivity contribution in [1.29, 1.82) is 0 Å². The van der Waals surface area contributed by atoms with Gasteiger partial charge in [0.25, 0.3) is 0 Å². The van der Waals surface area contributed by atoms with Crippen molar-refractivity contribution in [3.63, 3.8) is 0 Å². The van der Waals surface area contributed by atoms with Gasteiger partial charge in [0.2, 0.25) is 0 Å². The molecule has 2 N–H and O–H groups in total. The molecule has 4 saturated carbocycles. The Balaban J connectivity index is 1.99. The van der Waals surface area contributed by atoms with Crippen LogP contribution in [0.5, 0.6) is 0 Å². The number of hydrogen-bond donors (Lipinski definition) is 2. The van der Waals surface area contributed by atoms with Crippen LogP contribution in [-0.2, 0) is 9.53 Å². The summed E-state index contributed by atoms with van der Waals surface area (Å²) in [5.74, 6) is -0.349. The van der Waals surface area contributed by atoms with Gasteiger partial charge in [-0.3, -0.25) is 0 Å². The summed E-state index contributed by atoms with van der Waals surface area (Å²) < 4.78 is 5.57. The first kappa shape index (κ1) is 12.2. The number of ether oxygens (including phenoxy) is 1. The van der Waals surface area contributed by atoms with Crippen molar-refractivity contribution in [1.82, 2.24) is 0 Å². The predicted octanol–water partition coefficient (Wildman–Crippen LogP) is 1.16. The smallest absolute Gasteiger partial charge is 0.330 e. The molecule has 0 aromatic carbocycles. The summed E-state index contributed by atoms with van der Waals surface area (Å²) in [6.45, 7) is 5.35. The highest BCUT2D eigenvalue weighted by Crippen LogP contribution is 2.62. The average Bonchev–Trinajstić information content (AvgIpc) is 2.22. The zero-order chi connectivity index (χ0) is 13.2. The topological polar surface area (TPSA) is 66.8 Å². The van der Waals surface area contributed by atoms with Gasteiger partial charge in [0.05, 0.1) is 11.2 Å².